The number of halogens is 2. The van der Waals surface area contributed by atoms with Crippen molar-refractivity contribution in [3.8, 4) is 5.75 Å². The number of nitrogens with one attached hydrogen (secondary N) is 2. The number of fused-ring (bicyclic) bond motifs is 1. The van der Waals surface area contributed by atoms with E-state index in [-0.39, 0.29) is 18.3 Å². The van der Waals surface area contributed by atoms with Crippen LogP contribution in [0.4, 0.5) is 0 Å². The molecular weight excluding hydrogens is 392 g/mol. The number of hydrogen-bond acceptors (Lipinski definition) is 3. The summed E-state index contributed by atoms with van der Waals surface area (Å²) in [6, 6.07) is 13.8. The third-order valence-corrected chi connectivity index (χ3v) is 4.53. The zero-order chi connectivity index (χ0) is 16.2. The number of para-hydroxylation sites is 1. The SMILES string of the molecule is CC(Oc1ccccc1Br)C(=O)NCc1ccc2c(c1)CNC2.Cl. The fraction of sp³-hybridized carbons (Fsp3) is 0.278. The first-order valence-electron chi connectivity index (χ1n) is 7.64. The molecule has 0 fully saturated rings. The average molecular weight is 412 g/mol. The monoisotopic (exact) mass is 410 g/mol. The van der Waals surface area contributed by atoms with Gasteiger partial charge in [0.15, 0.2) is 6.10 Å². The van der Waals surface area contributed by atoms with Gasteiger partial charge in [-0.15, -0.1) is 12.4 Å². The minimum absolute atomic E-state index is 0. The van der Waals surface area contributed by atoms with Crippen molar-refractivity contribution < 1.29 is 9.53 Å². The largest absolute Gasteiger partial charge is 0.480 e. The summed E-state index contributed by atoms with van der Waals surface area (Å²) in [4.78, 5) is 12.2. The van der Waals surface area contributed by atoms with Gasteiger partial charge in [0.05, 0.1) is 4.47 Å². The molecule has 1 aliphatic heterocycles. The van der Waals surface area contributed by atoms with E-state index in [0.717, 1.165) is 23.1 Å². The van der Waals surface area contributed by atoms with Gasteiger partial charge < -0.3 is 15.4 Å². The molecule has 0 spiro atoms. The van der Waals surface area contributed by atoms with Crippen molar-refractivity contribution in [3.05, 3.63) is 63.6 Å². The second-order valence-corrected chi connectivity index (χ2v) is 6.47. The van der Waals surface area contributed by atoms with Crippen LogP contribution in [0.3, 0.4) is 0 Å². The third-order valence-electron chi connectivity index (χ3n) is 3.88. The lowest BCUT2D eigenvalue weighted by Gasteiger charge is -2.16. The quantitative estimate of drug-likeness (QED) is 0.791. The van der Waals surface area contributed by atoms with E-state index >= 15 is 0 Å². The predicted molar refractivity (Wildman–Crippen MR) is 100 cm³/mol. The molecule has 0 bridgehead atoms. The molecule has 2 aromatic carbocycles. The van der Waals surface area contributed by atoms with Gasteiger partial charge >= 0.3 is 0 Å². The van der Waals surface area contributed by atoms with E-state index in [1.807, 2.05) is 24.3 Å². The van der Waals surface area contributed by atoms with Crippen molar-refractivity contribution in [1.82, 2.24) is 10.6 Å². The Morgan fingerprint density at radius 1 is 1.25 bits per heavy atom. The molecule has 0 saturated carbocycles. The van der Waals surface area contributed by atoms with Crippen LogP contribution in [0, 0.1) is 0 Å². The van der Waals surface area contributed by atoms with Crippen molar-refractivity contribution in [3.63, 3.8) is 0 Å². The highest BCUT2D eigenvalue weighted by atomic mass is 79.9. The van der Waals surface area contributed by atoms with Crippen molar-refractivity contribution in [2.45, 2.75) is 32.7 Å². The molecule has 24 heavy (non-hydrogen) atoms. The summed E-state index contributed by atoms with van der Waals surface area (Å²) < 4.78 is 6.54. The van der Waals surface area contributed by atoms with Gasteiger partial charge in [0.2, 0.25) is 0 Å². The Hall–Kier alpha value is -1.56. The number of hydrogen-bond donors (Lipinski definition) is 2. The average Bonchev–Trinajstić information content (AvgIpc) is 3.02. The zero-order valence-corrected chi connectivity index (χ0v) is 15.7. The van der Waals surface area contributed by atoms with E-state index in [4.69, 9.17) is 4.74 Å². The second kappa shape index (κ2) is 8.51. The van der Waals surface area contributed by atoms with E-state index in [1.165, 1.54) is 11.1 Å². The van der Waals surface area contributed by atoms with Crippen molar-refractivity contribution in [2.75, 3.05) is 0 Å². The molecule has 0 aromatic heterocycles. The lowest BCUT2D eigenvalue weighted by Crippen LogP contribution is -2.36. The summed E-state index contributed by atoms with van der Waals surface area (Å²) in [5.74, 6) is 0.540. The molecule has 3 rings (SSSR count). The van der Waals surface area contributed by atoms with Gasteiger partial charge in [-0.05, 0) is 51.7 Å². The van der Waals surface area contributed by atoms with Crippen molar-refractivity contribution in [1.29, 1.82) is 0 Å². The van der Waals surface area contributed by atoms with Gasteiger partial charge in [-0.3, -0.25) is 4.79 Å². The Bertz CT molecular complexity index is 724. The topological polar surface area (TPSA) is 50.4 Å². The maximum atomic E-state index is 12.2. The highest BCUT2D eigenvalue weighted by molar-refractivity contribution is 9.10. The van der Waals surface area contributed by atoms with Crippen LogP contribution in [-0.2, 0) is 24.4 Å². The van der Waals surface area contributed by atoms with E-state index < -0.39 is 6.10 Å². The minimum atomic E-state index is -0.551. The van der Waals surface area contributed by atoms with Gasteiger partial charge in [-0.2, -0.15) is 0 Å². The second-order valence-electron chi connectivity index (χ2n) is 5.61. The van der Waals surface area contributed by atoms with Gasteiger partial charge in [0.1, 0.15) is 5.75 Å². The first-order chi connectivity index (χ1) is 11.1. The highest BCUT2D eigenvalue weighted by Crippen LogP contribution is 2.24. The Morgan fingerprint density at radius 3 is 2.79 bits per heavy atom. The van der Waals surface area contributed by atoms with Gasteiger partial charge in [0, 0.05) is 19.6 Å². The van der Waals surface area contributed by atoms with E-state index in [2.05, 4.69) is 44.8 Å². The molecule has 0 saturated heterocycles. The number of ether oxygens (including phenoxy) is 1. The van der Waals surface area contributed by atoms with Crippen LogP contribution in [0.2, 0.25) is 0 Å². The molecule has 128 valence electrons. The van der Waals surface area contributed by atoms with Crippen LogP contribution >= 0.6 is 28.3 Å². The molecule has 0 aliphatic carbocycles. The summed E-state index contributed by atoms with van der Waals surface area (Å²) in [6.07, 6.45) is -0.551. The third kappa shape index (κ3) is 4.50. The lowest BCUT2D eigenvalue weighted by molar-refractivity contribution is -0.127. The molecule has 1 aliphatic rings. The molecule has 1 heterocycles. The summed E-state index contributed by atoms with van der Waals surface area (Å²) in [7, 11) is 0. The summed E-state index contributed by atoms with van der Waals surface area (Å²) in [5, 5.41) is 6.25. The van der Waals surface area contributed by atoms with Crippen LogP contribution in [0.1, 0.15) is 23.6 Å². The maximum absolute atomic E-state index is 12.2. The number of carbonyl (C=O) groups excluding carboxylic acids is 1. The number of amides is 1. The van der Waals surface area contributed by atoms with Gasteiger partial charge in [0.25, 0.3) is 5.91 Å². The maximum Gasteiger partial charge on any atom is 0.261 e. The first kappa shape index (κ1) is 18.8. The molecule has 4 nitrogen and oxygen atoms in total. The van der Waals surface area contributed by atoms with Crippen LogP contribution in [-0.4, -0.2) is 12.0 Å². The molecule has 2 aromatic rings. The number of carbonyl (C=O) groups is 1. The molecule has 2 N–H and O–H groups in total. The Balaban J connectivity index is 0.00000208. The van der Waals surface area contributed by atoms with Crippen LogP contribution in [0.15, 0.2) is 46.9 Å². The smallest absolute Gasteiger partial charge is 0.261 e. The van der Waals surface area contributed by atoms with E-state index in [9.17, 15) is 4.79 Å². The van der Waals surface area contributed by atoms with Crippen molar-refractivity contribution in [2.24, 2.45) is 0 Å². The van der Waals surface area contributed by atoms with Crippen molar-refractivity contribution >= 4 is 34.2 Å². The standard InChI is InChI=1S/C18H19BrN2O2.ClH/c1-12(23-17-5-3-2-4-16(17)19)18(22)21-9-13-6-7-14-10-20-11-15(14)8-13;/h2-8,12,20H,9-11H2,1H3,(H,21,22);1H. The Kier molecular flexibility index (Phi) is 6.66. The number of benzene rings is 2. The molecule has 1 atom stereocenters. The molecule has 1 amide bonds. The molecule has 1 unspecified atom stereocenters. The van der Waals surface area contributed by atoms with Crippen LogP contribution < -0.4 is 15.4 Å². The van der Waals surface area contributed by atoms with Gasteiger partial charge in [-0.25, -0.2) is 0 Å². The Labute approximate surface area is 156 Å². The minimum Gasteiger partial charge on any atom is -0.480 e. The first-order valence-corrected chi connectivity index (χ1v) is 8.43. The number of rotatable bonds is 5. The highest BCUT2D eigenvalue weighted by Gasteiger charge is 2.16. The fourth-order valence-electron chi connectivity index (χ4n) is 2.58. The summed E-state index contributed by atoms with van der Waals surface area (Å²) >= 11 is 3.42. The van der Waals surface area contributed by atoms with Gasteiger partial charge in [-0.1, -0.05) is 30.3 Å². The predicted octanol–water partition coefficient (Wildman–Crippen LogP) is 3.56. The normalized spacial score (nSPS) is 13.6. The lowest BCUT2D eigenvalue weighted by atomic mass is 10.1. The zero-order valence-electron chi connectivity index (χ0n) is 13.3. The summed E-state index contributed by atoms with van der Waals surface area (Å²) in [6.45, 7) is 4.09. The molecule has 0 radical (unpaired) electrons. The summed E-state index contributed by atoms with van der Waals surface area (Å²) in [5.41, 5.74) is 3.76. The van der Waals surface area contributed by atoms with E-state index in [0.29, 0.717) is 12.3 Å². The van der Waals surface area contributed by atoms with Crippen LogP contribution in [0.5, 0.6) is 5.75 Å². The molecular formula is C18H20BrClN2O2. The van der Waals surface area contributed by atoms with E-state index in [1.54, 1.807) is 6.92 Å². The Morgan fingerprint density at radius 2 is 2.00 bits per heavy atom. The van der Waals surface area contributed by atoms with Crippen LogP contribution in [0.25, 0.3) is 0 Å². The fourth-order valence-corrected chi connectivity index (χ4v) is 2.95. The molecule has 6 heteroatoms.